The molecule has 0 aromatic heterocycles. The quantitative estimate of drug-likeness (QED) is 0.655. The molecule has 0 aliphatic carbocycles. The zero-order chi connectivity index (χ0) is 11.1. The van der Waals surface area contributed by atoms with Crippen molar-refractivity contribution in [1.29, 1.82) is 0 Å². The molecule has 0 bridgehead atoms. The summed E-state index contributed by atoms with van der Waals surface area (Å²) in [4.78, 5) is 0. The van der Waals surface area contributed by atoms with Crippen LogP contribution < -0.4 is 5.32 Å². The van der Waals surface area contributed by atoms with Crippen molar-refractivity contribution in [3.8, 4) is 0 Å². The molecule has 0 amide bonds. The first-order valence-electron chi connectivity index (χ1n) is 6.10. The SMILES string of the molecule is CC(C)COCCNCC1CCOC1C. The minimum absolute atomic E-state index is 0.425. The molecule has 3 nitrogen and oxygen atoms in total. The third-order valence-corrected chi connectivity index (χ3v) is 2.81. The van der Waals surface area contributed by atoms with Gasteiger partial charge in [-0.05, 0) is 25.2 Å². The maximum Gasteiger partial charge on any atom is 0.0591 e. The first-order chi connectivity index (χ1) is 7.20. The second kappa shape index (κ2) is 7.20. The highest BCUT2D eigenvalue weighted by atomic mass is 16.5. The van der Waals surface area contributed by atoms with E-state index in [-0.39, 0.29) is 0 Å². The van der Waals surface area contributed by atoms with Crippen LogP contribution in [0.3, 0.4) is 0 Å². The second-order valence-corrected chi connectivity index (χ2v) is 4.80. The van der Waals surface area contributed by atoms with Crippen molar-refractivity contribution in [3.05, 3.63) is 0 Å². The molecule has 1 rings (SSSR count). The molecule has 3 heteroatoms. The predicted molar refractivity (Wildman–Crippen MR) is 62.0 cm³/mol. The van der Waals surface area contributed by atoms with Crippen LogP contribution in [-0.4, -0.2) is 39.0 Å². The number of hydrogen-bond donors (Lipinski definition) is 1. The van der Waals surface area contributed by atoms with Crippen LogP contribution in [0.5, 0.6) is 0 Å². The first kappa shape index (κ1) is 12.9. The fourth-order valence-corrected chi connectivity index (χ4v) is 1.79. The number of nitrogens with one attached hydrogen (secondary N) is 1. The Balaban J connectivity index is 1.88. The smallest absolute Gasteiger partial charge is 0.0591 e. The van der Waals surface area contributed by atoms with E-state index in [2.05, 4.69) is 26.1 Å². The van der Waals surface area contributed by atoms with E-state index in [9.17, 15) is 0 Å². The van der Waals surface area contributed by atoms with E-state index in [1.807, 2.05) is 0 Å². The van der Waals surface area contributed by atoms with Gasteiger partial charge < -0.3 is 14.8 Å². The molecule has 1 heterocycles. The largest absolute Gasteiger partial charge is 0.380 e. The van der Waals surface area contributed by atoms with Gasteiger partial charge in [-0.2, -0.15) is 0 Å². The van der Waals surface area contributed by atoms with Gasteiger partial charge in [0.05, 0.1) is 12.7 Å². The van der Waals surface area contributed by atoms with Crippen molar-refractivity contribution in [2.75, 3.05) is 32.9 Å². The van der Waals surface area contributed by atoms with Crippen LogP contribution in [0.2, 0.25) is 0 Å². The zero-order valence-corrected chi connectivity index (χ0v) is 10.3. The summed E-state index contributed by atoms with van der Waals surface area (Å²) >= 11 is 0. The van der Waals surface area contributed by atoms with E-state index in [0.29, 0.717) is 17.9 Å². The van der Waals surface area contributed by atoms with Crippen LogP contribution in [0.1, 0.15) is 27.2 Å². The highest BCUT2D eigenvalue weighted by Gasteiger charge is 2.23. The van der Waals surface area contributed by atoms with Gasteiger partial charge in [0.15, 0.2) is 0 Å². The highest BCUT2D eigenvalue weighted by molar-refractivity contribution is 4.74. The number of rotatable bonds is 7. The van der Waals surface area contributed by atoms with Gasteiger partial charge in [0.25, 0.3) is 0 Å². The summed E-state index contributed by atoms with van der Waals surface area (Å²) in [5.74, 6) is 1.32. The van der Waals surface area contributed by atoms with Gasteiger partial charge in [0.1, 0.15) is 0 Å². The topological polar surface area (TPSA) is 30.5 Å². The van der Waals surface area contributed by atoms with Crippen molar-refractivity contribution >= 4 is 0 Å². The minimum Gasteiger partial charge on any atom is -0.380 e. The van der Waals surface area contributed by atoms with Gasteiger partial charge in [-0.3, -0.25) is 0 Å². The zero-order valence-electron chi connectivity index (χ0n) is 10.3. The van der Waals surface area contributed by atoms with Crippen molar-refractivity contribution in [1.82, 2.24) is 5.32 Å². The lowest BCUT2D eigenvalue weighted by molar-refractivity contribution is 0.0992. The maximum atomic E-state index is 5.50. The summed E-state index contributed by atoms with van der Waals surface area (Å²) in [6, 6.07) is 0. The van der Waals surface area contributed by atoms with Gasteiger partial charge in [-0.15, -0.1) is 0 Å². The van der Waals surface area contributed by atoms with Crippen LogP contribution in [0.4, 0.5) is 0 Å². The van der Waals surface area contributed by atoms with Crippen LogP contribution in [0, 0.1) is 11.8 Å². The predicted octanol–water partition coefficient (Wildman–Crippen LogP) is 1.67. The van der Waals surface area contributed by atoms with E-state index in [4.69, 9.17) is 9.47 Å². The van der Waals surface area contributed by atoms with Crippen molar-refractivity contribution in [3.63, 3.8) is 0 Å². The molecule has 1 aliphatic rings. The van der Waals surface area contributed by atoms with E-state index in [1.54, 1.807) is 0 Å². The molecule has 1 aliphatic heterocycles. The second-order valence-electron chi connectivity index (χ2n) is 4.80. The van der Waals surface area contributed by atoms with Crippen molar-refractivity contribution in [2.45, 2.75) is 33.3 Å². The molecule has 0 spiro atoms. The minimum atomic E-state index is 0.425. The molecule has 2 unspecified atom stereocenters. The lowest BCUT2D eigenvalue weighted by Gasteiger charge is -2.14. The summed E-state index contributed by atoms with van der Waals surface area (Å²) in [6.45, 7) is 11.1. The fourth-order valence-electron chi connectivity index (χ4n) is 1.79. The monoisotopic (exact) mass is 215 g/mol. The van der Waals surface area contributed by atoms with Crippen LogP contribution in [-0.2, 0) is 9.47 Å². The van der Waals surface area contributed by atoms with E-state index in [0.717, 1.165) is 32.9 Å². The van der Waals surface area contributed by atoms with Crippen LogP contribution in [0.15, 0.2) is 0 Å². The summed E-state index contributed by atoms with van der Waals surface area (Å²) in [5.41, 5.74) is 0. The third kappa shape index (κ3) is 5.50. The molecule has 15 heavy (non-hydrogen) atoms. The van der Waals surface area contributed by atoms with E-state index < -0.39 is 0 Å². The van der Waals surface area contributed by atoms with Gasteiger partial charge in [-0.25, -0.2) is 0 Å². The third-order valence-electron chi connectivity index (χ3n) is 2.81. The molecule has 0 radical (unpaired) electrons. The Kier molecular flexibility index (Phi) is 6.22. The maximum absolute atomic E-state index is 5.50. The Labute approximate surface area is 93.5 Å². The average Bonchev–Trinajstić information content (AvgIpc) is 2.57. The Morgan fingerprint density at radius 2 is 2.27 bits per heavy atom. The Hall–Kier alpha value is -0.120. The van der Waals surface area contributed by atoms with Crippen LogP contribution in [0.25, 0.3) is 0 Å². The first-order valence-corrected chi connectivity index (χ1v) is 6.10. The summed E-state index contributed by atoms with van der Waals surface area (Å²) < 4.78 is 11.0. The summed E-state index contributed by atoms with van der Waals surface area (Å²) in [5, 5.41) is 3.43. The normalized spacial score (nSPS) is 26.4. The molecule has 1 fully saturated rings. The number of ether oxygens (including phenoxy) is 2. The van der Waals surface area contributed by atoms with Gasteiger partial charge in [-0.1, -0.05) is 13.8 Å². The lowest BCUT2D eigenvalue weighted by Crippen LogP contribution is -2.29. The molecule has 2 atom stereocenters. The molecule has 90 valence electrons. The highest BCUT2D eigenvalue weighted by Crippen LogP contribution is 2.18. The molecular weight excluding hydrogens is 190 g/mol. The average molecular weight is 215 g/mol. The van der Waals surface area contributed by atoms with Crippen LogP contribution >= 0.6 is 0 Å². The molecule has 0 aromatic rings. The van der Waals surface area contributed by atoms with Gasteiger partial charge in [0.2, 0.25) is 0 Å². The van der Waals surface area contributed by atoms with Crippen molar-refractivity contribution in [2.24, 2.45) is 11.8 Å². The van der Waals surface area contributed by atoms with Crippen molar-refractivity contribution < 1.29 is 9.47 Å². The Morgan fingerprint density at radius 3 is 2.87 bits per heavy atom. The Bertz CT molecular complexity index is 162. The molecule has 0 saturated carbocycles. The molecule has 1 N–H and O–H groups in total. The fraction of sp³-hybridized carbons (Fsp3) is 1.00. The molecule has 1 saturated heterocycles. The molecular formula is C12H25NO2. The standard InChI is InChI=1S/C12H25NO2/c1-10(2)9-14-7-5-13-8-12-4-6-15-11(12)3/h10-13H,4-9H2,1-3H3. The molecule has 0 aromatic carbocycles. The van der Waals surface area contributed by atoms with Gasteiger partial charge in [0, 0.05) is 26.3 Å². The van der Waals surface area contributed by atoms with E-state index in [1.165, 1.54) is 6.42 Å². The Morgan fingerprint density at radius 1 is 1.47 bits per heavy atom. The van der Waals surface area contributed by atoms with E-state index >= 15 is 0 Å². The summed E-state index contributed by atoms with van der Waals surface area (Å²) in [6.07, 6.45) is 1.62. The number of hydrogen-bond acceptors (Lipinski definition) is 3. The summed E-state index contributed by atoms with van der Waals surface area (Å²) in [7, 11) is 0. The van der Waals surface area contributed by atoms with Gasteiger partial charge >= 0.3 is 0 Å². The lowest BCUT2D eigenvalue weighted by atomic mass is 10.0.